The quantitative estimate of drug-likeness (QED) is 0.708. The summed E-state index contributed by atoms with van der Waals surface area (Å²) < 4.78 is 0. The molecule has 0 heterocycles. The van der Waals surface area contributed by atoms with Crippen molar-refractivity contribution >= 4 is 0 Å². The van der Waals surface area contributed by atoms with E-state index in [1.165, 1.54) is 38.8 Å². The van der Waals surface area contributed by atoms with E-state index in [4.69, 9.17) is 5.73 Å². The lowest BCUT2D eigenvalue weighted by atomic mass is 9.68. The molecule has 0 aliphatic heterocycles. The first kappa shape index (κ1) is 12.0. The first-order valence-electron chi connectivity index (χ1n) is 5.97. The molecule has 0 aromatic heterocycles. The van der Waals surface area contributed by atoms with E-state index in [0.717, 1.165) is 12.5 Å². The first-order chi connectivity index (χ1) is 6.58. The topological polar surface area (TPSA) is 29.3 Å². The molecule has 0 saturated heterocycles. The number of nitrogens with zero attached hydrogens (tertiary/aromatic N) is 1. The Morgan fingerprint density at radius 2 is 2.00 bits per heavy atom. The summed E-state index contributed by atoms with van der Waals surface area (Å²) in [6, 6.07) is 0. The third-order valence-corrected chi connectivity index (χ3v) is 3.54. The van der Waals surface area contributed by atoms with Gasteiger partial charge in [-0.05, 0) is 50.7 Å². The highest BCUT2D eigenvalue weighted by Crippen LogP contribution is 2.40. The van der Waals surface area contributed by atoms with Crippen molar-refractivity contribution in [1.82, 2.24) is 4.90 Å². The highest BCUT2D eigenvalue weighted by Gasteiger charge is 2.36. The summed E-state index contributed by atoms with van der Waals surface area (Å²) >= 11 is 0. The Balaban J connectivity index is 2.21. The maximum absolute atomic E-state index is 5.85. The smallest absolute Gasteiger partial charge is 0.00470 e. The van der Waals surface area contributed by atoms with Crippen LogP contribution >= 0.6 is 0 Å². The molecule has 0 spiro atoms. The molecule has 0 radical (unpaired) electrons. The zero-order chi connectivity index (χ0) is 10.6. The van der Waals surface area contributed by atoms with Crippen LogP contribution in [-0.4, -0.2) is 31.6 Å². The predicted molar refractivity (Wildman–Crippen MR) is 62.3 cm³/mol. The molecule has 2 N–H and O–H groups in total. The van der Waals surface area contributed by atoms with Crippen molar-refractivity contribution in [3.63, 3.8) is 0 Å². The van der Waals surface area contributed by atoms with Gasteiger partial charge in [0.2, 0.25) is 0 Å². The van der Waals surface area contributed by atoms with E-state index in [0.29, 0.717) is 5.41 Å². The number of nitrogens with two attached hydrogens (primary N) is 1. The van der Waals surface area contributed by atoms with Crippen molar-refractivity contribution < 1.29 is 0 Å². The SMILES string of the molecule is CC(C)CCN(C)CC1(CN)CCC1. The van der Waals surface area contributed by atoms with Crippen molar-refractivity contribution in [1.29, 1.82) is 0 Å². The summed E-state index contributed by atoms with van der Waals surface area (Å²) in [7, 11) is 2.23. The van der Waals surface area contributed by atoms with Gasteiger partial charge in [0.1, 0.15) is 0 Å². The van der Waals surface area contributed by atoms with Crippen molar-refractivity contribution in [3.05, 3.63) is 0 Å². The Morgan fingerprint density at radius 1 is 1.36 bits per heavy atom. The molecule has 14 heavy (non-hydrogen) atoms. The number of hydrogen-bond acceptors (Lipinski definition) is 2. The van der Waals surface area contributed by atoms with Gasteiger partial charge in [-0.3, -0.25) is 0 Å². The molecule has 2 heteroatoms. The molecule has 1 fully saturated rings. The fourth-order valence-electron chi connectivity index (χ4n) is 2.23. The van der Waals surface area contributed by atoms with E-state index in [9.17, 15) is 0 Å². The summed E-state index contributed by atoms with van der Waals surface area (Å²) in [6.45, 7) is 7.88. The molecule has 1 saturated carbocycles. The van der Waals surface area contributed by atoms with Gasteiger partial charge in [0, 0.05) is 6.54 Å². The van der Waals surface area contributed by atoms with Crippen LogP contribution < -0.4 is 5.73 Å². The molecule has 0 aromatic rings. The van der Waals surface area contributed by atoms with Gasteiger partial charge in [-0.1, -0.05) is 20.3 Å². The zero-order valence-electron chi connectivity index (χ0n) is 10.1. The van der Waals surface area contributed by atoms with Crippen molar-refractivity contribution in [2.45, 2.75) is 39.5 Å². The highest BCUT2D eigenvalue weighted by molar-refractivity contribution is 4.90. The molecule has 1 aliphatic carbocycles. The van der Waals surface area contributed by atoms with E-state index in [-0.39, 0.29) is 0 Å². The monoisotopic (exact) mass is 198 g/mol. The van der Waals surface area contributed by atoms with Gasteiger partial charge in [-0.2, -0.15) is 0 Å². The molecule has 0 amide bonds. The predicted octanol–water partition coefficient (Wildman–Crippen LogP) is 2.09. The molecule has 0 bridgehead atoms. The van der Waals surface area contributed by atoms with Crippen LogP contribution in [0.3, 0.4) is 0 Å². The average molecular weight is 198 g/mol. The van der Waals surface area contributed by atoms with Crippen LogP contribution in [0.1, 0.15) is 39.5 Å². The molecular formula is C12H26N2. The Kier molecular flexibility index (Phi) is 4.39. The van der Waals surface area contributed by atoms with Gasteiger partial charge in [0.05, 0.1) is 0 Å². The van der Waals surface area contributed by atoms with Crippen LogP contribution in [0.25, 0.3) is 0 Å². The van der Waals surface area contributed by atoms with Gasteiger partial charge in [-0.25, -0.2) is 0 Å². The Labute approximate surface area is 88.8 Å². The highest BCUT2D eigenvalue weighted by atomic mass is 15.1. The van der Waals surface area contributed by atoms with Gasteiger partial charge in [0.15, 0.2) is 0 Å². The van der Waals surface area contributed by atoms with E-state index in [1.54, 1.807) is 0 Å². The lowest BCUT2D eigenvalue weighted by molar-refractivity contribution is 0.0856. The minimum atomic E-state index is 0.478. The Morgan fingerprint density at radius 3 is 2.36 bits per heavy atom. The van der Waals surface area contributed by atoms with Gasteiger partial charge >= 0.3 is 0 Å². The molecule has 1 rings (SSSR count). The minimum Gasteiger partial charge on any atom is -0.330 e. The van der Waals surface area contributed by atoms with Gasteiger partial charge in [-0.15, -0.1) is 0 Å². The molecule has 0 aromatic carbocycles. The summed E-state index contributed by atoms with van der Waals surface area (Å²) in [5.41, 5.74) is 6.32. The molecule has 84 valence electrons. The van der Waals surface area contributed by atoms with E-state index in [1.807, 2.05) is 0 Å². The average Bonchev–Trinajstić information content (AvgIpc) is 2.08. The fraction of sp³-hybridized carbons (Fsp3) is 1.00. The Hall–Kier alpha value is -0.0800. The second-order valence-electron chi connectivity index (χ2n) is 5.48. The van der Waals surface area contributed by atoms with Crippen LogP contribution in [-0.2, 0) is 0 Å². The van der Waals surface area contributed by atoms with E-state index in [2.05, 4.69) is 25.8 Å². The van der Waals surface area contributed by atoms with Crippen LogP contribution in [0, 0.1) is 11.3 Å². The zero-order valence-corrected chi connectivity index (χ0v) is 10.1. The van der Waals surface area contributed by atoms with Gasteiger partial charge < -0.3 is 10.6 Å². The van der Waals surface area contributed by atoms with Crippen LogP contribution in [0.2, 0.25) is 0 Å². The van der Waals surface area contributed by atoms with Crippen molar-refractivity contribution in [2.24, 2.45) is 17.1 Å². The number of hydrogen-bond donors (Lipinski definition) is 1. The molecule has 0 atom stereocenters. The van der Waals surface area contributed by atoms with Crippen molar-refractivity contribution in [3.8, 4) is 0 Å². The molecular weight excluding hydrogens is 172 g/mol. The lowest BCUT2D eigenvalue weighted by Gasteiger charge is -2.43. The summed E-state index contributed by atoms with van der Waals surface area (Å²) in [5.74, 6) is 0.813. The second kappa shape index (κ2) is 5.13. The standard InChI is InChI=1S/C12H26N2/c1-11(2)5-8-14(3)10-12(9-13)6-4-7-12/h11H,4-10,13H2,1-3H3. The molecule has 0 unspecified atom stereocenters. The largest absolute Gasteiger partial charge is 0.330 e. The normalized spacial score (nSPS) is 20.1. The lowest BCUT2D eigenvalue weighted by Crippen LogP contribution is -2.46. The molecule has 1 aliphatic rings. The Bertz CT molecular complexity index is 156. The first-order valence-corrected chi connectivity index (χ1v) is 5.97. The third kappa shape index (κ3) is 3.25. The summed E-state index contributed by atoms with van der Waals surface area (Å²) in [5, 5.41) is 0. The fourth-order valence-corrected chi connectivity index (χ4v) is 2.23. The second-order valence-corrected chi connectivity index (χ2v) is 5.48. The maximum Gasteiger partial charge on any atom is 0.00470 e. The minimum absolute atomic E-state index is 0.478. The van der Waals surface area contributed by atoms with Gasteiger partial charge in [0.25, 0.3) is 0 Å². The summed E-state index contributed by atoms with van der Waals surface area (Å²) in [4.78, 5) is 2.46. The maximum atomic E-state index is 5.85. The van der Waals surface area contributed by atoms with E-state index < -0.39 is 0 Å². The van der Waals surface area contributed by atoms with Crippen molar-refractivity contribution in [2.75, 3.05) is 26.7 Å². The van der Waals surface area contributed by atoms with E-state index >= 15 is 0 Å². The van der Waals surface area contributed by atoms with Crippen LogP contribution in [0.4, 0.5) is 0 Å². The van der Waals surface area contributed by atoms with Crippen LogP contribution in [0.5, 0.6) is 0 Å². The van der Waals surface area contributed by atoms with Crippen LogP contribution in [0.15, 0.2) is 0 Å². The third-order valence-electron chi connectivity index (χ3n) is 3.54. The number of rotatable bonds is 6. The molecule has 2 nitrogen and oxygen atoms in total. The summed E-state index contributed by atoms with van der Waals surface area (Å²) in [6.07, 6.45) is 5.37.